The van der Waals surface area contributed by atoms with Gasteiger partial charge in [0.05, 0.1) is 0 Å². The first-order chi connectivity index (χ1) is 10.1. The van der Waals surface area contributed by atoms with E-state index in [4.69, 9.17) is 0 Å². The molecule has 2 aromatic rings. The maximum absolute atomic E-state index is 4.38. The number of nitrogens with one attached hydrogen (secondary N) is 1. The highest BCUT2D eigenvalue weighted by Gasteiger charge is 2.12. The third-order valence-corrected chi connectivity index (χ3v) is 4.27. The lowest BCUT2D eigenvalue weighted by Gasteiger charge is -2.20. The van der Waals surface area contributed by atoms with Crippen LogP contribution in [0.2, 0.25) is 0 Å². The summed E-state index contributed by atoms with van der Waals surface area (Å²) in [7, 11) is 2.03. The Morgan fingerprint density at radius 2 is 1.86 bits per heavy atom. The van der Waals surface area contributed by atoms with Crippen LogP contribution in [0.15, 0.2) is 39.5 Å². The van der Waals surface area contributed by atoms with Gasteiger partial charge in [-0.1, -0.05) is 35.0 Å². The van der Waals surface area contributed by atoms with Gasteiger partial charge < -0.3 is 10.2 Å². The van der Waals surface area contributed by atoms with E-state index in [0.29, 0.717) is 0 Å². The summed E-state index contributed by atoms with van der Waals surface area (Å²) in [4.78, 5) is 10.8. The Labute approximate surface area is 142 Å². The molecule has 4 nitrogen and oxygen atoms in total. The van der Waals surface area contributed by atoms with E-state index < -0.39 is 0 Å². The van der Waals surface area contributed by atoms with Gasteiger partial charge in [0, 0.05) is 24.6 Å². The van der Waals surface area contributed by atoms with Crippen LogP contribution in [0.25, 0.3) is 0 Å². The minimum Gasteiger partial charge on any atom is -0.369 e. The SMILES string of the molecule is CCCNc1ncnc(N(C)Cc2ccc(Br)cc2)c1Br. The topological polar surface area (TPSA) is 41.1 Å². The standard InChI is InChI=1S/C15H18Br2N4/c1-3-8-18-14-13(17)15(20-10-19-14)21(2)9-11-4-6-12(16)7-5-11/h4-7,10H,3,8-9H2,1-2H3,(H,18,19,20). The number of benzene rings is 1. The zero-order chi connectivity index (χ0) is 15.2. The highest BCUT2D eigenvalue weighted by Crippen LogP contribution is 2.29. The summed E-state index contributed by atoms with van der Waals surface area (Å²) in [6.07, 6.45) is 2.65. The molecule has 0 spiro atoms. The molecule has 1 N–H and O–H groups in total. The van der Waals surface area contributed by atoms with Crippen molar-refractivity contribution >= 4 is 43.5 Å². The minimum absolute atomic E-state index is 0.788. The van der Waals surface area contributed by atoms with Gasteiger partial charge in [0.2, 0.25) is 0 Å². The normalized spacial score (nSPS) is 10.5. The minimum atomic E-state index is 0.788. The van der Waals surface area contributed by atoms with Crippen molar-refractivity contribution in [1.29, 1.82) is 0 Å². The van der Waals surface area contributed by atoms with Crippen LogP contribution < -0.4 is 10.2 Å². The summed E-state index contributed by atoms with van der Waals surface area (Å²) in [5, 5.41) is 3.30. The summed E-state index contributed by atoms with van der Waals surface area (Å²) in [5.74, 6) is 1.72. The molecule has 0 radical (unpaired) electrons. The van der Waals surface area contributed by atoms with Crippen LogP contribution in [0.5, 0.6) is 0 Å². The van der Waals surface area contributed by atoms with E-state index in [-0.39, 0.29) is 0 Å². The molecule has 112 valence electrons. The largest absolute Gasteiger partial charge is 0.369 e. The van der Waals surface area contributed by atoms with Crippen LogP contribution >= 0.6 is 31.9 Å². The van der Waals surface area contributed by atoms with E-state index in [2.05, 4.69) is 71.1 Å². The second-order valence-corrected chi connectivity index (χ2v) is 6.48. The zero-order valence-electron chi connectivity index (χ0n) is 12.1. The highest BCUT2D eigenvalue weighted by molar-refractivity contribution is 9.11. The number of hydrogen-bond acceptors (Lipinski definition) is 4. The van der Waals surface area contributed by atoms with Gasteiger partial charge in [-0.25, -0.2) is 9.97 Å². The van der Waals surface area contributed by atoms with Crippen molar-refractivity contribution in [2.45, 2.75) is 19.9 Å². The Morgan fingerprint density at radius 1 is 1.14 bits per heavy atom. The van der Waals surface area contributed by atoms with E-state index in [9.17, 15) is 0 Å². The van der Waals surface area contributed by atoms with E-state index in [0.717, 1.165) is 40.1 Å². The molecule has 1 aromatic heterocycles. The number of aromatic nitrogens is 2. The van der Waals surface area contributed by atoms with Crippen molar-refractivity contribution in [2.24, 2.45) is 0 Å². The first-order valence-corrected chi connectivity index (χ1v) is 8.40. The van der Waals surface area contributed by atoms with Crippen LogP contribution in [0.4, 0.5) is 11.6 Å². The Balaban J connectivity index is 2.14. The molecule has 1 aromatic carbocycles. The molecular formula is C15H18Br2N4. The maximum Gasteiger partial charge on any atom is 0.148 e. The van der Waals surface area contributed by atoms with E-state index in [1.807, 2.05) is 19.2 Å². The molecule has 0 amide bonds. The Hall–Kier alpha value is -1.14. The van der Waals surface area contributed by atoms with Crippen LogP contribution in [0, 0.1) is 0 Å². The molecule has 0 saturated heterocycles. The first kappa shape index (κ1) is 16.2. The van der Waals surface area contributed by atoms with Crippen molar-refractivity contribution in [3.8, 4) is 0 Å². The fraction of sp³-hybridized carbons (Fsp3) is 0.333. The van der Waals surface area contributed by atoms with E-state index in [1.165, 1.54) is 5.56 Å². The summed E-state index contributed by atoms with van der Waals surface area (Å²) < 4.78 is 1.99. The monoisotopic (exact) mass is 412 g/mol. The second kappa shape index (κ2) is 7.75. The van der Waals surface area contributed by atoms with Gasteiger partial charge in [-0.05, 0) is 40.0 Å². The van der Waals surface area contributed by atoms with Crippen LogP contribution in [0.3, 0.4) is 0 Å². The van der Waals surface area contributed by atoms with Crippen molar-refractivity contribution in [3.63, 3.8) is 0 Å². The molecule has 0 saturated carbocycles. The fourth-order valence-corrected chi connectivity index (χ4v) is 2.84. The zero-order valence-corrected chi connectivity index (χ0v) is 15.3. The lowest BCUT2D eigenvalue weighted by molar-refractivity contribution is 0.882. The number of rotatable bonds is 6. The third kappa shape index (κ3) is 4.41. The Bertz CT molecular complexity index is 587. The second-order valence-electron chi connectivity index (χ2n) is 4.77. The summed E-state index contributed by atoms with van der Waals surface area (Å²) in [6, 6.07) is 8.30. The van der Waals surface area contributed by atoms with Crippen molar-refractivity contribution in [2.75, 3.05) is 23.8 Å². The lowest BCUT2D eigenvalue weighted by atomic mass is 10.2. The predicted molar refractivity (Wildman–Crippen MR) is 94.8 cm³/mol. The molecule has 0 atom stereocenters. The van der Waals surface area contributed by atoms with Gasteiger partial charge in [-0.2, -0.15) is 0 Å². The van der Waals surface area contributed by atoms with Gasteiger partial charge in [0.1, 0.15) is 22.4 Å². The van der Waals surface area contributed by atoms with E-state index in [1.54, 1.807) is 6.33 Å². The molecule has 2 rings (SSSR count). The maximum atomic E-state index is 4.38. The van der Waals surface area contributed by atoms with Gasteiger partial charge in [0.15, 0.2) is 0 Å². The summed E-state index contributed by atoms with van der Waals surface area (Å²) in [6.45, 7) is 3.81. The fourth-order valence-electron chi connectivity index (χ4n) is 1.93. The number of nitrogens with zero attached hydrogens (tertiary/aromatic N) is 3. The summed E-state index contributed by atoms with van der Waals surface area (Å²) in [5.41, 5.74) is 1.23. The molecule has 0 aliphatic carbocycles. The van der Waals surface area contributed by atoms with Crippen molar-refractivity contribution in [1.82, 2.24) is 9.97 Å². The molecule has 0 fully saturated rings. The molecule has 0 unspecified atom stereocenters. The quantitative estimate of drug-likeness (QED) is 0.758. The predicted octanol–water partition coefficient (Wildman–Crippen LogP) is 4.46. The molecule has 0 bridgehead atoms. The van der Waals surface area contributed by atoms with Gasteiger partial charge in [0.25, 0.3) is 0 Å². The average molecular weight is 414 g/mol. The Morgan fingerprint density at radius 3 is 2.52 bits per heavy atom. The third-order valence-electron chi connectivity index (χ3n) is 3.01. The number of anilines is 2. The molecule has 21 heavy (non-hydrogen) atoms. The van der Waals surface area contributed by atoms with Crippen molar-refractivity contribution < 1.29 is 0 Å². The smallest absolute Gasteiger partial charge is 0.148 e. The first-order valence-electron chi connectivity index (χ1n) is 6.81. The highest BCUT2D eigenvalue weighted by atomic mass is 79.9. The van der Waals surface area contributed by atoms with Gasteiger partial charge in [-0.15, -0.1) is 0 Å². The summed E-state index contributed by atoms with van der Waals surface area (Å²) >= 11 is 7.05. The van der Waals surface area contributed by atoms with E-state index >= 15 is 0 Å². The number of halogens is 2. The van der Waals surface area contributed by atoms with Crippen LogP contribution in [-0.4, -0.2) is 23.6 Å². The van der Waals surface area contributed by atoms with Crippen molar-refractivity contribution in [3.05, 3.63) is 45.1 Å². The molecule has 0 aliphatic heterocycles. The number of hydrogen-bond donors (Lipinski definition) is 1. The van der Waals surface area contributed by atoms with Gasteiger partial charge >= 0.3 is 0 Å². The van der Waals surface area contributed by atoms with Gasteiger partial charge in [-0.3, -0.25) is 0 Å². The molecule has 1 heterocycles. The van der Waals surface area contributed by atoms with Crippen LogP contribution in [-0.2, 0) is 6.54 Å². The average Bonchev–Trinajstić information content (AvgIpc) is 2.48. The molecule has 0 aliphatic rings. The lowest BCUT2D eigenvalue weighted by Crippen LogP contribution is -2.19. The Kier molecular flexibility index (Phi) is 5.99. The van der Waals surface area contributed by atoms with Crippen LogP contribution in [0.1, 0.15) is 18.9 Å². The molecule has 6 heteroatoms. The molecular weight excluding hydrogens is 396 g/mol.